The van der Waals surface area contributed by atoms with Gasteiger partial charge in [-0.15, -0.1) is 0 Å². The first-order valence-electron chi connectivity index (χ1n) is 0. The monoisotopic (exact) mass is 202 g/mol. The Morgan fingerprint density at radius 1 is 0.600 bits per heavy atom. The maximum absolute atomic E-state index is 0. The van der Waals surface area contributed by atoms with Crippen LogP contribution in [0.15, 0.2) is 0 Å². The van der Waals surface area contributed by atoms with Gasteiger partial charge in [-0.2, -0.15) is 0 Å². The van der Waals surface area contributed by atoms with Gasteiger partial charge in [0, 0.05) is 0 Å². The van der Waals surface area contributed by atoms with E-state index in [1.54, 1.807) is 0 Å². The summed E-state index contributed by atoms with van der Waals surface area (Å²) in [4.78, 5) is 0. The molecule has 0 bridgehead atoms. The van der Waals surface area contributed by atoms with Crippen LogP contribution in [0.3, 0.4) is 0 Å². The third-order valence-electron chi connectivity index (χ3n) is 0. The molecule has 0 aliphatic carbocycles. The van der Waals surface area contributed by atoms with Crippen LogP contribution >= 0.6 is 0 Å². The van der Waals surface area contributed by atoms with Crippen LogP contribution in [-0.4, -0.2) is 18.9 Å². The van der Waals surface area contributed by atoms with E-state index in [1.807, 2.05) is 0 Å². The fourth-order valence-electron chi connectivity index (χ4n) is 0. The van der Waals surface area contributed by atoms with Crippen LogP contribution in [0.1, 0.15) is 0 Å². The largest absolute Gasteiger partial charge is 6.00 e. The minimum absolute atomic E-state index is 0. The first-order valence-corrected chi connectivity index (χ1v) is 0. The van der Waals surface area contributed by atoms with Crippen molar-refractivity contribution in [1.82, 2.24) is 0 Å². The second-order valence-corrected chi connectivity index (χ2v) is 0. The smallest absolute Gasteiger partial charge is 2.00 e. The minimum atomic E-state index is 0. The molecule has 0 aliphatic heterocycles. The molecule has 0 aromatic carbocycles. The molecular weight excluding hydrogens is 199 g/mol. The molecule has 0 nitrogen and oxygen atoms in total. The van der Waals surface area contributed by atoms with E-state index >= 15 is 0 Å². The minimum Gasteiger partial charge on any atom is -2.00 e. The Balaban J connectivity index is 0. The maximum Gasteiger partial charge on any atom is 6.00 e. The van der Waals surface area contributed by atoms with Gasteiger partial charge in [0.05, 0.1) is 0 Å². The normalized spacial score (nSPS) is 0. The number of hydrogen-bond donors (Lipinski definition) is 0. The van der Waals surface area contributed by atoms with Crippen LogP contribution in [0.5, 0.6) is 0 Å². The molecule has 0 N–H and O–H groups in total. The summed E-state index contributed by atoms with van der Waals surface area (Å²) in [6.07, 6.45) is 0. The Labute approximate surface area is 79.6 Å². The van der Waals surface area contributed by atoms with Gasteiger partial charge in [0.2, 0.25) is 0 Å². The third-order valence-corrected chi connectivity index (χ3v) is 0. The standard InChI is InChI=1S/Li.Mo.3S.H/q;+6;3*-2;. The molecule has 0 saturated carbocycles. The molecule has 5 heteroatoms. The molecule has 0 amide bonds. The van der Waals surface area contributed by atoms with Gasteiger partial charge in [-0.25, -0.2) is 0 Å². The quantitative estimate of drug-likeness (QED) is 0.455. The van der Waals surface area contributed by atoms with E-state index in [1.165, 1.54) is 0 Å². The zero-order chi connectivity index (χ0) is 0. The Hall–Kier alpha value is 2.34. The van der Waals surface area contributed by atoms with Crippen LogP contribution in [0.25, 0.3) is 0 Å². The Morgan fingerprint density at radius 2 is 0.600 bits per heavy atom. The van der Waals surface area contributed by atoms with Gasteiger partial charge in [0.1, 0.15) is 0 Å². The van der Waals surface area contributed by atoms with E-state index < -0.39 is 0 Å². The SMILES string of the molecule is [LiH].[Mo+6].[S-2].[S-2].[S-2]. The van der Waals surface area contributed by atoms with E-state index in [2.05, 4.69) is 0 Å². The summed E-state index contributed by atoms with van der Waals surface area (Å²) in [5, 5.41) is 0. The van der Waals surface area contributed by atoms with E-state index in [0.717, 1.165) is 0 Å². The van der Waals surface area contributed by atoms with Gasteiger partial charge in [-0.3, -0.25) is 0 Å². The fraction of sp³-hybridized carbons (Fsp3) is 0. The van der Waals surface area contributed by atoms with Crippen molar-refractivity contribution in [3.8, 4) is 0 Å². The number of rotatable bonds is 0. The molecule has 0 fully saturated rings. The topological polar surface area (TPSA) is 0 Å². The Kier molecular flexibility index (Phi) is 357. The molecule has 0 rings (SSSR count). The maximum atomic E-state index is 0. The van der Waals surface area contributed by atoms with Crippen molar-refractivity contribution >= 4 is 59.3 Å². The molecule has 26 valence electrons. The van der Waals surface area contributed by atoms with Gasteiger partial charge >= 0.3 is 39.9 Å². The van der Waals surface area contributed by atoms with Crippen molar-refractivity contribution < 1.29 is 21.1 Å². The number of hydrogen-bond acceptors (Lipinski definition) is 0. The summed E-state index contributed by atoms with van der Waals surface area (Å²) >= 11 is 0. The zero-order valence-electron chi connectivity index (χ0n) is 1.63. The average molecular weight is 200 g/mol. The molecule has 0 unspecified atom stereocenters. The van der Waals surface area contributed by atoms with Gasteiger partial charge in [0.25, 0.3) is 0 Å². The Bertz CT molecular complexity index is 6.85. The summed E-state index contributed by atoms with van der Waals surface area (Å²) in [5.41, 5.74) is 0. The first kappa shape index (κ1) is 54.0. The molecule has 0 spiro atoms. The molecule has 0 heterocycles. The summed E-state index contributed by atoms with van der Waals surface area (Å²) in [6, 6.07) is 0. The van der Waals surface area contributed by atoms with Crippen LogP contribution < -0.4 is 0 Å². The van der Waals surface area contributed by atoms with Gasteiger partial charge in [0.15, 0.2) is 0 Å². The van der Waals surface area contributed by atoms with Crippen molar-refractivity contribution in [2.45, 2.75) is 0 Å². The van der Waals surface area contributed by atoms with Crippen LogP contribution in [-0.2, 0) is 61.6 Å². The molecule has 0 aromatic heterocycles. The van der Waals surface area contributed by atoms with Gasteiger partial charge < -0.3 is 40.5 Å². The predicted octanol–water partition coefficient (Wildman–Crippen LogP) is -0.658. The van der Waals surface area contributed by atoms with Gasteiger partial charge in [-0.05, 0) is 0 Å². The van der Waals surface area contributed by atoms with Crippen LogP contribution in [0.4, 0.5) is 0 Å². The molecule has 0 radical (unpaired) electrons. The average Bonchev–Trinajstić information content (AvgIpc) is 0. The summed E-state index contributed by atoms with van der Waals surface area (Å²) < 4.78 is 0. The summed E-state index contributed by atoms with van der Waals surface area (Å²) in [5.74, 6) is 0. The van der Waals surface area contributed by atoms with Crippen molar-refractivity contribution in [3.63, 3.8) is 0 Å². The van der Waals surface area contributed by atoms with Crippen molar-refractivity contribution in [2.75, 3.05) is 0 Å². The van der Waals surface area contributed by atoms with E-state index in [9.17, 15) is 0 Å². The molecular formula is HLiMoS3. The van der Waals surface area contributed by atoms with Crippen LogP contribution in [0, 0.1) is 0 Å². The van der Waals surface area contributed by atoms with E-state index in [4.69, 9.17) is 0 Å². The second-order valence-electron chi connectivity index (χ2n) is 0. The second kappa shape index (κ2) is 33.1. The fourth-order valence-corrected chi connectivity index (χ4v) is 0. The first-order chi connectivity index (χ1) is 0. The van der Waals surface area contributed by atoms with Crippen molar-refractivity contribution in [3.05, 3.63) is 0 Å². The summed E-state index contributed by atoms with van der Waals surface area (Å²) in [6.45, 7) is 0. The van der Waals surface area contributed by atoms with E-state index in [-0.39, 0.29) is 80.4 Å². The molecule has 0 saturated heterocycles. The molecule has 5 heavy (non-hydrogen) atoms. The zero-order valence-corrected chi connectivity index (χ0v) is 6.09. The molecule has 0 atom stereocenters. The third kappa shape index (κ3) is 21.8. The van der Waals surface area contributed by atoms with Crippen LogP contribution in [0.2, 0.25) is 0 Å². The summed E-state index contributed by atoms with van der Waals surface area (Å²) in [7, 11) is 0. The Morgan fingerprint density at radius 3 is 0.600 bits per heavy atom. The van der Waals surface area contributed by atoms with Crippen molar-refractivity contribution in [1.29, 1.82) is 0 Å². The molecule has 0 aromatic rings. The van der Waals surface area contributed by atoms with Crippen molar-refractivity contribution in [2.24, 2.45) is 0 Å². The van der Waals surface area contributed by atoms with Gasteiger partial charge in [-0.1, -0.05) is 0 Å². The van der Waals surface area contributed by atoms with E-state index in [0.29, 0.717) is 0 Å². The molecule has 0 aliphatic rings. The predicted molar refractivity (Wildman–Crippen MR) is 29.2 cm³/mol.